The molecule has 11 heavy (non-hydrogen) atoms. The average Bonchev–Trinajstić information content (AvgIpc) is 1.97. The van der Waals surface area contributed by atoms with Gasteiger partial charge in [0.2, 0.25) is 0 Å². The Morgan fingerprint density at radius 3 is 2.36 bits per heavy atom. The van der Waals surface area contributed by atoms with Gasteiger partial charge in [0.15, 0.2) is 0 Å². The minimum atomic E-state index is 0.414. The first kappa shape index (κ1) is 10.9. The van der Waals surface area contributed by atoms with Crippen LogP contribution in [-0.4, -0.2) is 31.6 Å². The Labute approximate surface area is 70.8 Å². The molecule has 0 spiro atoms. The largest absolute Gasteiger partial charge is 0.328 e. The number of rotatable bonds is 6. The van der Waals surface area contributed by atoms with Gasteiger partial charge in [0.05, 0.1) is 0 Å². The first-order chi connectivity index (χ1) is 5.16. The second-order valence-corrected chi connectivity index (χ2v) is 3.49. The van der Waals surface area contributed by atoms with Crippen molar-refractivity contribution in [3.05, 3.63) is 0 Å². The molecule has 0 aromatic heterocycles. The van der Waals surface area contributed by atoms with E-state index in [1.165, 1.54) is 19.3 Å². The fraction of sp³-hybridized carbons (Fsp3) is 1.00. The Morgan fingerprint density at radius 1 is 1.27 bits per heavy atom. The van der Waals surface area contributed by atoms with Crippen molar-refractivity contribution in [2.45, 2.75) is 38.6 Å². The van der Waals surface area contributed by atoms with E-state index in [-0.39, 0.29) is 0 Å². The summed E-state index contributed by atoms with van der Waals surface area (Å²) >= 11 is 0. The van der Waals surface area contributed by atoms with Gasteiger partial charge in [0.25, 0.3) is 0 Å². The molecule has 0 aliphatic rings. The third-order valence-electron chi connectivity index (χ3n) is 1.88. The zero-order valence-corrected chi connectivity index (χ0v) is 8.14. The Bertz CT molecular complexity index is 81.6. The number of unbranched alkanes of at least 4 members (excludes halogenated alkanes) is 1. The highest BCUT2D eigenvalue weighted by molar-refractivity contribution is 4.62. The van der Waals surface area contributed by atoms with E-state index >= 15 is 0 Å². The third-order valence-corrected chi connectivity index (χ3v) is 1.88. The van der Waals surface area contributed by atoms with Crippen molar-refractivity contribution >= 4 is 0 Å². The van der Waals surface area contributed by atoms with Gasteiger partial charge in [-0.05, 0) is 33.5 Å². The molecule has 0 aliphatic heterocycles. The van der Waals surface area contributed by atoms with E-state index in [0.717, 1.165) is 13.0 Å². The second-order valence-electron chi connectivity index (χ2n) is 3.49. The van der Waals surface area contributed by atoms with Gasteiger partial charge in [0.1, 0.15) is 0 Å². The highest BCUT2D eigenvalue weighted by atomic mass is 15.0. The van der Waals surface area contributed by atoms with Crippen molar-refractivity contribution in [3.63, 3.8) is 0 Å². The molecule has 2 nitrogen and oxygen atoms in total. The molecule has 0 saturated heterocycles. The van der Waals surface area contributed by atoms with E-state index in [1.54, 1.807) is 0 Å². The number of hydrogen-bond acceptors (Lipinski definition) is 2. The first-order valence-electron chi connectivity index (χ1n) is 4.57. The van der Waals surface area contributed by atoms with E-state index in [0.29, 0.717) is 6.04 Å². The lowest BCUT2D eigenvalue weighted by Gasteiger charge is -2.14. The molecule has 0 aromatic rings. The Balaban J connectivity index is 3.15. The molecule has 0 saturated carbocycles. The van der Waals surface area contributed by atoms with E-state index < -0.39 is 0 Å². The van der Waals surface area contributed by atoms with Crippen LogP contribution in [0.15, 0.2) is 0 Å². The molecule has 0 heterocycles. The molecule has 0 fully saturated rings. The summed E-state index contributed by atoms with van der Waals surface area (Å²) in [5, 5.41) is 0. The molecule has 0 aliphatic carbocycles. The van der Waals surface area contributed by atoms with Crippen molar-refractivity contribution in [1.29, 1.82) is 0 Å². The normalized spacial score (nSPS) is 13.9. The van der Waals surface area contributed by atoms with Gasteiger partial charge < -0.3 is 10.6 Å². The topological polar surface area (TPSA) is 29.3 Å². The van der Waals surface area contributed by atoms with Gasteiger partial charge in [-0.25, -0.2) is 0 Å². The zero-order valence-electron chi connectivity index (χ0n) is 8.14. The Morgan fingerprint density at radius 2 is 1.91 bits per heavy atom. The molecule has 0 bridgehead atoms. The first-order valence-corrected chi connectivity index (χ1v) is 4.57. The maximum absolute atomic E-state index is 5.88. The lowest BCUT2D eigenvalue weighted by Crippen LogP contribution is -2.25. The van der Waals surface area contributed by atoms with Crippen LogP contribution in [-0.2, 0) is 0 Å². The predicted molar refractivity (Wildman–Crippen MR) is 50.7 cm³/mol. The maximum atomic E-state index is 5.88. The molecule has 1 unspecified atom stereocenters. The summed E-state index contributed by atoms with van der Waals surface area (Å²) in [6.45, 7) is 3.32. The monoisotopic (exact) mass is 158 g/mol. The standard InChI is InChI=1S/C9H22N2/c1-4-5-6-9(10)7-8-11(2)3/h9H,4-8,10H2,1-3H3. The lowest BCUT2D eigenvalue weighted by atomic mass is 10.1. The van der Waals surface area contributed by atoms with Gasteiger partial charge >= 0.3 is 0 Å². The summed E-state index contributed by atoms with van der Waals surface area (Å²) < 4.78 is 0. The van der Waals surface area contributed by atoms with Crippen LogP contribution in [0.2, 0.25) is 0 Å². The van der Waals surface area contributed by atoms with E-state index in [2.05, 4.69) is 25.9 Å². The van der Waals surface area contributed by atoms with E-state index in [4.69, 9.17) is 5.73 Å². The number of nitrogens with two attached hydrogens (primary N) is 1. The third kappa shape index (κ3) is 7.82. The molecule has 0 aromatic carbocycles. The van der Waals surface area contributed by atoms with Gasteiger partial charge in [-0.3, -0.25) is 0 Å². The number of hydrogen-bond donors (Lipinski definition) is 1. The van der Waals surface area contributed by atoms with Crippen LogP contribution in [0.25, 0.3) is 0 Å². The quantitative estimate of drug-likeness (QED) is 0.634. The van der Waals surface area contributed by atoms with Crippen LogP contribution in [0.1, 0.15) is 32.6 Å². The maximum Gasteiger partial charge on any atom is 0.00509 e. The van der Waals surface area contributed by atoms with Crippen LogP contribution in [0.4, 0.5) is 0 Å². The summed E-state index contributed by atoms with van der Waals surface area (Å²) in [6, 6.07) is 0.414. The summed E-state index contributed by atoms with van der Waals surface area (Å²) in [6.07, 6.45) is 4.85. The summed E-state index contributed by atoms with van der Waals surface area (Å²) in [5.41, 5.74) is 5.88. The molecule has 2 N–H and O–H groups in total. The number of nitrogens with zero attached hydrogens (tertiary/aromatic N) is 1. The second kappa shape index (κ2) is 6.62. The molecule has 68 valence electrons. The van der Waals surface area contributed by atoms with Crippen molar-refractivity contribution in [1.82, 2.24) is 4.90 Å². The molecular weight excluding hydrogens is 136 g/mol. The smallest absolute Gasteiger partial charge is 0.00509 e. The zero-order chi connectivity index (χ0) is 8.69. The van der Waals surface area contributed by atoms with Crippen LogP contribution >= 0.6 is 0 Å². The summed E-state index contributed by atoms with van der Waals surface area (Å²) in [5.74, 6) is 0. The van der Waals surface area contributed by atoms with Crippen molar-refractivity contribution in [2.75, 3.05) is 20.6 Å². The Hall–Kier alpha value is -0.0800. The van der Waals surface area contributed by atoms with Gasteiger partial charge in [0, 0.05) is 6.04 Å². The highest BCUT2D eigenvalue weighted by Gasteiger charge is 2.01. The molecule has 0 amide bonds. The summed E-state index contributed by atoms with van der Waals surface area (Å²) in [7, 11) is 4.18. The van der Waals surface area contributed by atoms with E-state index in [9.17, 15) is 0 Å². The van der Waals surface area contributed by atoms with Crippen LogP contribution in [0, 0.1) is 0 Å². The van der Waals surface area contributed by atoms with Crippen LogP contribution < -0.4 is 5.73 Å². The minimum absolute atomic E-state index is 0.414. The molecule has 0 rings (SSSR count). The predicted octanol–water partition coefficient (Wildman–Crippen LogP) is 1.46. The fourth-order valence-electron chi connectivity index (χ4n) is 1.03. The molecular formula is C9H22N2. The minimum Gasteiger partial charge on any atom is -0.328 e. The SMILES string of the molecule is CCCCC(N)CCN(C)C. The van der Waals surface area contributed by atoms with Crippen LogP contribution in [0.5, 0.6) is 0 Å². The summed E-state index contributed by atoms with van der Waals surface area (Å²) in [4.78, 5) is 2.19. The van der Waals surface area contributed by atoms with Crippen molar-refractivity contribution < 1.29 is 0 Å². The van der Waals surface area contributed by atoms with Gasteiger partial charge in [-0.1, -0.05) is 19.8 Å². The fourth-order valence-corrected chi connectivity index (χ4v) is 1.03. The molecule has 0 radical (unpaired) electrons. The van der Waals surface area contributed by atoms with Gasteiger partial charge in [-0.2, -0.15) is 0 Å². The van der Waals surface area contributed by atoms with E-state index in [1.807, 2.05) is 0 Å². The average molecular weight is 158 g/mol. The molecule has 2 heteroatoms. The van der Waals surface area contributed by atoms with Gasteiger partial charge in [-0.15, -0.1) is 0 Å². The Kier molecular flexibility index (Phi) is 6.57. The van der Waals surface area contributed by atoms with Crippen LogP contribution in [0.3, 0.4) is 0 Å². The lowest BCUT2D eigenvalue weighted by molar-refractivity contribution is 0.372. The highest BCUT2D eigenvalue weighted by Crippen LogP contribution is 2.01. The molecule has 1 atom stereocenters. The van der Waals surface area contributed by atoms with Crippen molar-refractivity contribution in [3.8, 4) is 0 Å². The van der Waals surface area contributed by atoms with Crippen molar-refractivity contribution in [2.24, 2.45) is 5.73 Å².